The van der Waals surface area contributed by atoms with Crippen LogP contribution in [0, 0.1) is 10.1 Å². The molecule has 0 aliphatic heterocycles. The molecule has 0 saturated carbocycles. The normalized spacial score (nSPS) is 10.5. The number of nitrogens with one attached hydrogen (secondary N) is 1. The number of nitro groups is 1. The van der Waals surface area contributed by atoms with E-state index in [2.05, 4.69) is 26.3 Å². The Morgan fingerprint density at radius 1 is 1.50 bits per heavy atom. The van der Waals surface area contributed by atoms with Gasteiger partial charge in [-0.2, -0.15) is 5.10 Å². The predicted molar refractivity (Wildman–Crippen MR) is 87.3 cm³/mol. The van der Waals surface area contributed by atoms with Crippen LogP contribution in [0.4, 0.5) is 11.4 Å². The highest BCUT2D eigenvalue weighted by Crippen LogP contribution is 2.30. The van der Waals surface area contributed by atoms with Crippen LogP contribution in [0.1, 0.15) is 18.2 Å². The summed E-state index contributed by atoms with van der Waals surface area (Å²) in [4.78, 5) is 10.7. The van der Waals surface area contributed by atoms with E-state index in [1.807, 2.05) is 14.0 Å². The third-order valence-electron chi connectivity index (χ3n) is 3.31. The Balaban J connectivity index is 2.29. The molecule has 1 heterocycles. The summed E-state index contributed by atoms with van der Waals surface area (Å²) in [6, 6.07) is 4.91. The van der Waals surface area contributed by atoms with Gasteiger partial charge in [0, 0.05) is 24.1 Å². The van der Waals surface area contributed by atoms with Gasteiger partial charge in [0.15, 0.2) is 0 Å². The lowest BCUT2D eigenvalue weighted by molar-refractivity contribution is -0.384. The lowest BCUT2D eigenvalue weighted by atomic mass is 10.2. The first kappa shape index (κ1) is 16.3. The second-order valence-electron chi connectivity index (χ2n) is 4.68. The number of nitrogens with zero attached hydrogens (tertiary/aromatic N) is 3. The number of anilines is 1. The van der Waals surface area contributed by atoms with Gasteiger partial charge in [0.1, 0.15) is 5.69 Å². The van der Waals surface area contributed by atoms with Crippen LogP contribution in [0.2, 0.25) is 0 Å². The van der Waals surface area contributed by atoms with Crippen molar-refractivity contribution in [1.29, 1.82) is 0 Å². The van der Waals surface area contributed by atoms with Crippen molar-refractivity contribution in [2.75, 3.05) is 12.4 Å². The summed E-state index contributed by atoms with van der Waals surface area (Å²) in [6.07, 6.45) is 0.761. The molecule has 0 spiro atoms. The molecule has 0 bridgehead atoms. The number of benzene rings is 1. The largest absolute Gasteiger partial charge is 0.481 e. The van der Waals surface area contributed by atoms with Crippen molar-refractivity contribution in [1.82, 2.24) is 9.78 Å². The number of methoxy groups -OCH3 is 1. The van der Waals surface area contributed by atoms with Gasteiger partial charge in [-0.25, -0.2) is 4.68 Å². The number of hydrogen-bond acceptors (Lipinski definition) is 5. The molecule has 0 amide bonds. The molecule has 0 aliphatic carbocycles. The van der Waals surface area contributed by atoms with Crippen molar-refractivity contribution in [3.63, 3.8) is 0 Å². The molecule has 8 heteroatoms. The Bertz CT molecular complexity index is 700. The van der Waals surface area contributed by atoms with E-state index in [0.717, 1.165) is 17.7 Å². The zero-order valence-corrected chi connectivity index (χ0v) is 14.2. The molecule has 0 unspecified atom stereocenters. The average molecular weight is 369 g/mol. The van der Waals surface area contributed by atoms with Crippen molar-refractivity contribution in [2.45, 2.75) is 19.9 Å². The topological polar surface area (TPSA) is 82.2 Å². The monoisotopic (exact) mass is 368 g/mol. The lowest BCUT2D eigenvalue weighted by Gasteiger charge is -2.09. The maximum Gasteiger partial charge on any atom is 0.293 e. The lowest BCUT2D eigenvalue weighted by Crippen LogP contribution is -2.05. The molecule has 0 aliphatic rings. The summed E-state index contributed by atoms with van der Waals surface area (Å²) in [5.74, 6) is 0.657. The second-order valence-corrected chi connectivity index (χ2v) is 5.60. The molecule has 2 aromatic rings. The van der Waals surface area contributed by atoms with Crippen molar-refractivity contribution >= 4 is 27.3 Å². The molecule has 118 valence electrons. The molecular formula is C14H17BrN4O3. The fraction of sp³-hybridized carbons (Fsp3) is 0.357. The van der Waals surface area contributed by atoms with Crippen molar-refractivity contribution < 1.29 is 9.66 Å². The van der Waals surface area contributed by atoms with Crippen LogP contribution in [0.3, 0.4) is 0 Å². The first-order valence-corrected chi connectivity index (χ1v) is 7.53. The highest BCUT2D eigenvalue weighted by atomic mass is 79.9. The van der Waals surface area contributed by atoms with Crippen LogP contribution in [0.15, 0.2) is 22.7 Å². The van der Waals surface area contributed by atoms with E-state index in [1.165, 1.54) is 6.07 Å². The van der Waals surface area contributed by atoms with Gasteiger partial charge in [-0.1, -0.05) is 22.9 Å². The Morgan fingerprint density at radius 3 is 2.82 bits per heavy atom. The van der Waals surface area contributed by atoms with Crippen molar-refractivity contribution in [3.05, 3.63) is 44.0 Å². The molecule has 1 aromatic carbocycles. The summed E-state index contributed by atoms with van der Waals surface area (Å²) in [5, 5.41) is 18.6. The second kappa shape index (κ2) is 6.78. The molecule has 1 aromatic heterocycles. The fourth-order valence-electron chi connectivity index (χ4n) is 2.31. The van der Waals surface area contributed by atoms with Crippen molar-refractivity contribution in [2.24, 2.45) is 7.05 Å². The van der Waals surface area contributed by atoms with Gasteiger partial charge in [-0.15, -0.1) is 0 Å². The number of hydrogen-bond donors (Lipinski definition) is 1. The van der Waals surface area contributed by atoms with E-state index in [9.17, 15) is 10.1 Å². The molecule has 7 nitrogen and oxygen atoms in total. The Kier molecular flexibility index (Phi) is 5.02. The predicted octanol–water partition coefficient (Wildman–Crippen LogP) is 3.27. The van der Waals surface area contributed by atoms with Crippen LogP contribution in [0.5, 0.6) is 5.88 Å². The zero-order chi connectivity index (χ0) is 16.3. The number of aromatic nitrogens is 2. The van der Waals surface area contributed by atoms with E-state index in [1.54, 1.807) is 23.9 Å². The Hall–Kier alpha value is -2.09. The average Bonchev–Trinajstić information content (AvgIpc) is 2.80. The molecule has 0 fully saturated rings. The van der Waals surface area contributed by atoms with Gasteiger partial charge in [0.2, 0.25) is 5.88 Å². The smallest absolute Gasteiger partial charge is 0.293 e. The maximum absolute atomic E-state index is 11.1. The molecule has 22 heavy (non-hydrogen) atoms. The summed E-state index contributed by atoms with van der Waals surface area (Å²) >= 11 is 3.24. The third kappa shape index (κ3) is 3.22. The molecule has 0 atom stereocenters. The van der Waals surface area contributed by atoms with Crippen LogP contribution >= 0.6 is 15.9 Å². The number of halogens is 1. The molecule has 0 saturated heterocycles. The minimum absolute atomic E-state index is 0.0234. The summed E-state index contributed by atoms with van der Waals surface area (Å²) in [6.45, 7) is 2.41. The van der Waals surface area contributed by atoms with Gasteiger partial charge in [-0.3, -0.25) is 10.1 Å². The van der Waals surface area contributed by atoms with Gasteiger partial charge in [0.25, 0.3) is 5.69 Å². The Labute approximate surface area is 136 Å². The summed E-state index contributed by atoms with van der Waals surface area (Å²) < 4.78 is 7.70. The molecule has 0 radical (unpaired) electrons. The van der Waals surface area contributed by atoms with E-state index >= 15 is 0 Å². The summed E-state index contributed by atoms with van der Waals surface area (Å²) in [5.41, 5.74) is 2.30. The highest BCUT2D eigenvalue weighted by molar-refractivity contribution is 9.10. The van der Waals surface area contributed by atoms with Crippen LogP contribution in [0.25, 0.3) is 0 Å². The standard InChI is InChI=1S/C14H17BrN4O3/c1-4-11-10(14(22-3)18(2)17-11)8-16-12-6-5-9(15)7-13(12)19(20)21/h5-7,16H,4,8H2,1-3H3. The maximum atomic E-state index is 11.1. The highest BCUT2D eigenvalue weighted by Gasteiger charge is 2.18. The SMILES string of the molecule is CCc1nn(C)c(OC)c1CNc1ccc(Br)cc1[N+](=O)[O-]. The third-order valence-corrected chi connectivity index (χ3v) is 3.80. The number of nitro benzene ring substituents is 1. The fourth-order valence-corrected chi connectivity index (χ4v) is 2.66. The number of rotatable bonds is 6. The van der Waals surface area contributed by atoms with Gasteiger partial charge < -0.3 is 10.1 Å². The van der Waals surface area contributed by atoms with E-state index in [0.29, 0.717) is 22.6 Å². The molecule has 1 N–H and O–H groups in total. The quantitative estimate of drug-likeness (QED) is 0.624. The first-order chi connectivity index (χ1) is 10.5. The minimum Gasteiger partial charge on any atom is -0.481 e. The van der Waals surface area contributed by atoms with E-state index < -0.39 is 4.92 Å². The number of aryl methyl sites for hydroxylation is 2. The van der Waals surface area contributed by atoms with E-state index in [4.69, 9.17) is 4.74 Å². The van der Waals surface area contributed by atoms with Crippen LogP contribution in [-0.4, -0.2) is 21.8 Å². The Morgan fingerprint density at radius 2 is 2.23 bits per heavy atom. The van der Waals surface area contributed by atoms with Crippen molar-refractivity contribution in [3.8, 4) is 5.88 Å². The van der Waals surface area contributed by atoms with Crippen LogP contribution < -0.4 is 10.1 Å². The molecular weight excluding hydrogens is 352 g/mol. The first-order valence-electron chi connectivity index (χ1n) is 6.74. The van der Waals surface area contributed by atoms with Gasteiger partial charge >= 0.3 is 0 Å². The minimum atomic E-state index is -0.408. The molecule has 2 rings (SSSR count). The zero-order valence-electron chi connectivity index (χ0n) is 12.6. The summed E-state index contributed by atoms with van der Waals surface area (Å²) in [7, 11) is 3.39. The van der Waals surface area contributed by atoms with Gasteiger partial charge in [0.05, 0.1) is 23.3 Å². The van der Waals surface area contributed by atoms with Crippen LogP contribution in [-0.2, 0) is 20.0 Å². The van der Waals surface area contributed by atoms with E-state index in [-0.39, 0.29) is 5.69 Å². The van der Waals surface area contributed by atoms with Gasteiger partial charge in [-0.05, 0) is 18.6 Å². The number of ether oxygens (including phenoxy) is 1.